The van der Waals surface area contributed by atoms with Gasteiger partial charge >= 0.3 is 6.09 Å². The van der Waals surface area contributed by atoms with Gasteiger partial charge in [0.2, 0.25) is 0 Å². The van der Waals surface area contributed by atoms with Gasteiger partial charge in [-0.2, -0.15) is 0 Å². The molecule has 2 aliphatic heterocycles. The van der Waals surface area contributed by atoms with E-state index in [1.54, 1.807) is 0 Å². The first-order valence-corrected chi connectivity index (χ1v) is 7.27. The van der Waals surface area contributed by atoms with Crippen LogP contribution in [0.4, 0.5) is 4.79 Å². The van der Waals surface area contributed by atoms with Gasteiger partial charge in [-0.15, -0.1) is 0 Å². The second kappa shape index (κ2) is 6.09. The molecule has 0 aliphatic carbocycles. The third-order valence-electron chi connectivity index (χ3n) is 3.66. The van der Waals surface area contributed by atoms with Crippen LogP contribution in [0.3, 0.4) is 0 Å². The molecule has 2 fully saturated rings. The number of amides is 1. The number of alkyl carbamates (subject to hydrolysis) is 1. The van der Waals surface area contributed by atoms with Gasteiger partial charge in [-0.3, -0.25) is 0 Å². The summed E-state index contributed by atoms with van der Waals surface area (Å²) in [6, 6.07) is 0.109. The van der Waals surface area contributed by atoms with Gasteiger partial charge in [0.05, 0.1) is 12.1 Å². The summed E-state index contributed by atoms with van der Waals surface area (Å²) in [5, 5.41) is 6.32. The summed E-state index contributed by atoms with van der Waals surface area (Å²) in [4.78, 5) is 11.8. The summed E-state index contributed by atoms with van der Waals surface area (Å²) in [6.45, 7) is 8.18. The minimum atomic E-state index is -0.451. The number of nitrogens with one attached hydrogen (secondary N) is 2. The molecule has 2 heterocycles. The zero-order valence-electron chi connectivity index (χ0n) is 12.2. The summed E-state index contributed by atoms with van der Waals surface area (Å²) in [6.07, 6.45) is 3.41. The van der Waals surface area contributed by atoms with Crippen LogP contribution in [0.5, 0.6) is 0 Å². The zero-order valence-corrected chi connectivity index (χ0v) is 12.2. The van der Waals surface area contributed by atoms with Crippen LogP contribution < -0.4 is 10.6 Å². The standard InChI is InChI=1S/C14H26N2O3/c1-14(2,3)19-13(17)16-11-9-15-8-10(11)12-6-4-5-7-18-12/h10-12,15H,4-9H2,1-3H3,(H,16,17)/t10-,11-,12?/m1/s1. The zero-order chi connectivity index (χ0) is 13.9. The number of carbonyl (C=O) groups is 1. The Morgan fingerprint density at radius 3 is 2.74 bits per heavy atom. The Morgan fingerprint density at radius 1 is 1.32 bits per heavy atom. The highest BCUT2D eigenvalue weighted by Crippen LogP contribution is 2.25. The molecular weight excluding hydrogens is 244 g/mol. The van der Waals surface area contributed by atoms with Crippen molar-refractivity contribution in [3.63, 3.8) is 0 Å². The molecule has 2 rings (SSSR count). The van der Waals surface area contributed by atoms with Crippen molar-refractivity contribution in [2.24, 2.45) is 5.92 Å². The number of hydrogen-bond donors (Lipinski definition) is 2. The maximum absolute atomic E-state index is 11.8. The molecule has 3 atom stereocenters. The third kappa shape index (κ3) is 4.35. The molecule has 0 aromatic rings. The molecular formula is C14H26N2O3. The van der Waals surface area contributed by atoms with Crippen LogP contribution in [-0.4, -0.2) is 43.5 Å². The first-order chi connectivity index (χ1) is 8.96. The fourth-order valence-electron chi connectivity index (χ4n) is 2.81. The van der Waals surface area contributed by atoms with Gasteiger partial charge in [0, 0.05) is 25.6 Å². The molecule has 2 aliphatic rings. The minimum absolute atomic E-state index is 0.109. The molecule has 1 unspecified atom stereocenters. The SMILES string of the molecule is CC(C)(C)OC(=O)N[C@@H]1CNC[C@H]1C1CCCCO1. The van der Waals surface area contributed by atoms with Gasteiger partial charge < -0.3 is 20.1 Å². The predicted octanol–water partition coefficient (Wildman–Crippen LogP) is 1.67. The summed E-state index contributed by atoms with van der Waals surface area (Å²) in [7, 11) is 0. The van der Waals surface area contributed by atoms with Crippen molar-refractivity contribution in [2.45, 2.75) is 57.8 Å². The third-order valence-corrected chi connectivity index (χ3v) is 3.66. The van der Waals surface area contributed by atoms with Crippen molar-refractivity contribution in [1.82, 2.24) is 10.6 Å². The Labute approximate surface area is 115 Å². The summed E-state index contributed by atoms with van der Waals surface area (Å²) in [5.74, 6) is 0.354. The smallest absolute Gasteiger partial charge is 0.407 e. The quantitative estimate of drug-likeness (QED) is 0.801. The number of carbonyl (C=O) groups excluding carboxylic acids is 1. The van der Waals surface area contributed by atoms with Crippen molar-refractivity contribution < 1.29 is 14.3 Å². The number of hydrogen-bond acceptors (Lipinski definition) is 4. The van der Waals surface area contributed by atoms with Gasteiger partial charge in [0.1, 0.15) is 5.60 Å². The average molecular weight is 270 g/mol. The summed E-state index contributed by atoms with van der Waals surface area (Å²) < 4.78 is 11.2. The lowest BCUT2D eigenvalue weighted by molar-refractivity contribution is -0.0229. The van der Waals surface area contributed by atoms with Crippen LogP contribution in [0, 0.1) is 5.92 Å². The van der Waals surface area contributed by atoms with E-state index in [0.29, 0.717) is 5.92 Å². The minimum Gasteiger partial charge on any atom is -0.444 e. The van der Waals surface area contributed by atoms with Gasteiger partial charge in [-0.25, -0.2) is 4.79 Å². The molecule has 0 aromatic carbocycles. The molecule has 2 saturated heterocycles. The average Bonchev–Trinajstić information content (AvgIpc) is 2.75. The highest BCUT2D eigenvalue weighted by molar-refractivity contribution is 5.68. The van der Waals surface area contributed by atoms with E-state index in [1.807, 2.05) is 20.8 Å². The first-order valence-electron chi connectivity index (χ1n) is 7.27. The van der Waals surface area contributed by atoms with Gasteiger partial charge in [0.15, 0.2) is 0 Å². The molecule has 2 N–H and O–H groups in total. The molecule has 1 amide bonds. The van der Waals surface area contributed by atoms with E-state index < -0.39 is 5.60 Å². The number of rotatable bonds is 2. The second-order valence-corrected chi connectivity index (χ2v) is 6.48. The molecule has 0 aromatic heterocycles. The lowest BCUT2D eigenvalue weighted by atomic mass is 9.91. The monoisotopic (exact) mass is 270 g/mol. The normalized spacial score (nSPS) is 32.1. The Bertz CT molecular complexity index is 308. The van der Waals surface area contributed by atoms with E-state index in [1.165, 1.54) is 6.42 Å². The Hall–Kier alpha value is -0.810. The molecule has 5 heteroatoms. The topological polar surface area (TPSA) is 59.6 Å². The molecule has 19 heavy (non-hydrogen) atoms. The van der Waals surface area contributed by atoms with Crippen LogP contribution in [0.15, 0.2) is 0 Å². The fourth-order valence-corrected chi connectivity index (χ4v) is 2.81. The van der Waals surface area contributed by atoms with Gasteiger partial charge in [-0.1, -0.05) is 0 Å². The van der Waals surface area contributed by atoms with Crippen LogP contribution in [0.25, 0.3) is 0 Å². The van der Waals surface area contributed by atoms with E-state index in [-0.39, 0.29) is 18.2 Å². The molecule has 110 valence electrons. The molecule has 0 bridgehead atoms. The second-order valence-electron chi connectivity index (χ2n) is 6.48. The van der Waals surface area contributed by atoms with Crippen molar-refractivity contribution in [2.75, 3.05) is 19.7 Å². The predicted molar refractivity (Wildman–Crippen MR) is 73.1 cm³/mol. The first kappa shape index (κ1) is 14.6. The van der Waals surface area contributed by atoms with Crippen LogP contribution in [0.2, 0.25) is 0 Å². The summed E-state index contributed by atoms with van der Waals surface area (Å²) in [5.41, 5.74) is -0.451. The highest BCUT2D eigenvalue weighted by Gasteiger charge is 2.36. The maximum Gasteiger partial charge on any atom is 0.407 e. The van der Waals surface area contributed by atoms with E-state index in [4.69, 9.17) is 9.47 Å². The van der Waals surface area contributed by atoms with Gasteiger partial charge in [-0.05, 0) is 40.0 Å². The number of ether oxygens (including phenoxy) is 2. The fraction of sp³-hybridized carbons (Fsp3) is 0.929. The van der Waals surface area contributed by atoms with E-state index in [9.17, 15) is 4.79 Å². The van der Waals surface area contributed by atoms with Gasteiger partial charge in [0.25, 0.3) is 0 Å². The lowest BCUT2D eigenvalue weighted by Crippen LogP contribution is -2.47. The van der Waals surface area contributed by atoms with Crippen molar-refractivity contribution in [1.29, 1.82) is 0 Å². The highest BCUT2D eigenvalue weighted by atomic mass is 16.6. The molecule has 5 nitrogen and oxygen atoms in total. The van der Waals surface area contributed by atoms with Crippen LogP contribution in [0.1, 0.15) is 40.0 Å². The Balaban J connectivity index is 1.86. The van der Waals surface area contributed by atoms with Crippen LogP contribution >= 0.6 is 0 Å². The van der Waals surface area contributed by atoms with E-state index >= 15 is 0 Å². The van der Waals surface area contributed by atoms with E-state index in [0.717, 1.165) is 32.5 Å². The van der Waals surface area contributed by atoms with Crippen LogP contribution in [-0.2, 0) is 9.47 Å². The van der Waals surface area contributed by atoms with Crippen molar-refractivity contribution in [3.8, 4) is 0 Å². The molecule has 0 spiro atoms. The van der Waals surface area contributed by atoms with E-state index in [2.05, 4.69) is 10.6 Å². The van der Waals surface area contributed by atoms with Crippen molar-refractivity contribution in [3.05, 3.63) is 0 Å². The Morgan fingerprint density at radius 2 is 2.11 bits per heavy atom. The Kier molecular flexibility index (Phi) is 4.68. The largest absolute Gasteiger partial charge is 0.444 e. The maximum atomic E-state index is 11.8. The van der Waals surface area contributed by atoms with Crippen molar-refractivity contribution >= 4 is 6.09 Å². The summed E-state index contributed by atoms with van der Waals surface area (Å²) >= 11 is 0. The lowest BCUT2D eigenvalue weighted by Gasteiger charge is -2.31. The molecule has 0 saturated carbocycles. The molecule has 0 radical (unpaired) electrons.